The highest BCUT2D eigenvalue weighted by molar-refractivity contribution is 6.06. The maximum Gasteiger partial charge on any atom is 0.252 e. The lowest BCUT2D eigenvalue weighted by atomic mass is 10.2. The summed E-state index contributed by atoms with van der Waals surface area (Å²) >= 11 is 0. The van der Waals surface area contributed by atoms with Gasteiger partial charge in [0.2, 0.25) is 5.65 Å². The number of aromatic amines is 1. The van der Waals surface area contributed by atoms with Crippen molar-refractivity contribution in [2.45, 2.75) is 0 Å². The van der Waals surface area contributed by atoms with Gasteiger partial charge in [0.05, 0.1) is 17.4 Å². The van der Waals surface area contributed by atoms with Gasteiger partial charge in [-0.15, -0.1) is 5.10 Å². The Bertz CT molecular complexity index is 666. The number of nitrogens with zero attached hydrogens (tertiary/aromatic N) is 5. The van der Waals surface area contributed by atoms with Crippen LogP contribution in [0.1, 0.15) is 10.4 Å². The second kappa shape index (κ2) is 2.50. The fraction of sp³-hybridized carbons (Fsp3) is 0. The molecule has 0 aliphatic rings. The number of nitrogens with two attached hydrogens (primary N) is 1. The van der Waals surface area contributed by atoms with Crippen molar-refractivity contribution in [3.8, 4) is 0 Å². The number of H-pyrrole nitrogens is 1. The largest absolute Gasteiger partial charge is 0.365 e. The van der Waals surface area contributed by atoms with Crippen LogP contribution in [0, 0.1) is 0 Å². The molecule has 3 N–H and O–H groups in total. The molecule has 0 aliphatic carbocycles. The van der Waals surface area contributed by atoms with Crippen LogP contribution in [0.2, 0.25) is 0 Å². The topological polar surface area (TPSA) is 115 Å². The molecule has 0 radical (unpaired) electrons. The minimum atomic E-state index is -0.554. The number of tetrazole rings is 1. The van der Waals surface area contributed by atoms with Crippen molar-refractivity contribution in [1.82, 2.24) is 30.0 Å². The summed E-state index contributed by atoms with van der Waals surface area (Å²) in [4.78, 5) is 18.0. The SMILES string of the molecule is NC(=O)c1cn2nnnc2c2nc[nH]c12. The van der Waals surface area contributed by atoms with Gasteiger partial charge in [-0.2, -0.15) is 4.52 Å². The molecule has 0 atom stereocenters. The zero-order valence-corrected chi connectivity index (χ0v) is 7.38. The van der Waals surface area contributed by atoms with E-state index >= 15 is 0 Å². The van der Waals surface area contributed by atoms with Crippen LogP contribution in [0.5, 0.6) is 0 Å². The highest BCUT2D eigenvalue weighted by Gasteiger charge is 2.14. The number of imidazole rings is 1. The molecule has 8 nitrogen and oxygen atoms in total. The highest BCUT2D eigenvalue weighted by Crippen LogP contribution is 2.17. The Labute approximate surface area is 82.1 Å². The van der Waals surface area contributed by atoms with Gasteiger partial charge in [-0.1, -0.05) is 0 Å². The number of nitrogens with one attached hydrogen (secondary N) is 1. The van der Waals surface area contributed by atoms with Crippen molar-refractivity contribution < 1.29 is 4.79 Å². The smallest absolute Gasteiger partial charge is 0.252 e. The maximum atomic E-state index is 11.2. The molecule has 0 aliphatic heterocycles. The number of fused-ring (bicyclic) bond motifs is 3. The summed E-state index contributed by atoms with van der Waals surface area (Å²) < 4.78 is 1.36. The second-order valence-electron chi connectivity index (χ2n) is 2.98. The fourth-order valence-corrected chi connectivity index (χ4v) is 1.48. The van der Waals surface area contributed by atoms with E-state index in [2.05, 4.69) is 25.5 Å². The lowest BCUT2D eigenvalue weighted by Gasteiger charge is -1.97. The molecule has 0 spiro atoms. The van der Waals surface area contributed by atoms with Crippen LogP contribution in [0.4, 0.5) is 0 Å². The number of carbonyl (C=O) groups excluding carboxylic acids is 1. The predicted octanol–water partition coefficient (Wildman–Crippen LogP) is -0.901. The minimum Gasteiger partial charge on any atom is -0.365 e. The van der Waals surface area contributed by atoms with Gasteiger partial charge in [0.25, 0.3) is 5.91 Å². The van der Waals surface area contributed by atoms with E-state index in [9.17, 15) is 4.79 Å². The molecule has 3 heterocycles. The third-order valence-electron chi connectivity index (χ3n) is 2.13. The predicted molar refractivity (Wildman–Crippen MR) is 49.0 cm³/mol. The first-order valence-corrected chi connectivity index (χ1v) is 4.11. The maximum absolute atomic E-state index is 11.2. The molecule has 0 saturated heterocycles. The number of carbonyl (C=O) groups is 1. The van der Waals surface area contributed by atoms with E-state index in [0.717, 1.165) is 0 Å². The van der Waals surface area contributed by atoms with Gasteiger partial charge in [-0.3, -0.25) is 4.79 Å². The Balaban J connectivity index is 2.59. The summed E-state index contributed by atoms with van der Waals surface area (Å²) in [6.45, 7) is 0. The lowest BCUT2D eigenvalue weighted by Crippen LogP contribution is -2.13. The van der Waals surface area contributed by atoms with Crippen LogP contribution in [-0.4, -0.2) is 35.9 Å². The van der Waals surface area contributed by atoms with Crippen LogP contribution in [0.25, 0.3) is 16.7 Å². The summed E-state index contributed by atoms with van der Waals surface area (Å²) in [5.74, 6) is -0.554. The number of hydrogen-bond acceptors (Lipinski definition) is 5. The Hall–Kier alpha value is -2.51. The number of primary amides is 1. The molecule has 0 fully saturated rings. The average Bonchev–Trinajstić information content (AvgIpc) is 2.83. The van der Waals surface area contributed by atoms with E-state index in [1.165, 1.54) is 17.0 Å². The van der Waals surface area contributed by atoms with Crippen LogP contribution in [0.3, 0.4) is 0 Å². The monoisotopic (exact) mass is 203 g/mol. The molecular weight excluding hydrogens is 198 g/mol. The van der Waals surface area contributed by atoms with E-state index in [1.54, 1.807) is 0 Å². The van der Waals surface area contributed by atoms with Gasteiger partial charge >= 0.3 is 0 Å². The fourth-order valence-electron chi connectivity index (χ4n) is 1.48. The van der Waals surface area contributed by atoms with Gasteiger partial charge in [0.1, 0.15) is 5.52 Å². The van der Waals surface area contributed by atoms with E-state index in [4.69, 9.17) is 5.73 Å². The number of aromatic nitrogens is 6. The highest BCUT2D eigenvalue weighted by atomic mass is 16.1. The van der Waals surface area contributed by atoms with Crippen LogP contribution >= 0.6 is 0 Å². The van der Waals surface area contributed by atoms with Gasteiger partial charge in [-0.05, 0) is 10.4 Å². The van der Waals surface area contributed by atoms with Gasteiger partial charge in [-0.25, -0.2) is 4.98 Å². The van der Waals surface area contributed by atoms with Gasteiger partial charge in [0, 0.05) is 6.20 Å². The second-order valence-corrected chi connectivity index (χ2v) is 2.98. The molecule has 3 aromatic rings. The van der Waals surface area contributed by atoms with Crippen molar-refractivity contribution in [1.29, 1.82) is 0 Å². The van der Waals surface area contributed by atoms with Crippen molar-refractivity contribution in [3.63, 3.8) is 0 Å². The van der Waals surface area contributed by atoms with Crippen molar-refractivity contribution in [2.24, 2.45) is 5.73 Å². The molecule has 74 valence electrons. The van der Waals surface area contributed by atoms with E-state index in [-0.39, 0.29) is 0 Å². The lowest BCUT2D eigenvalue weighted by molar-refractivity contribution is 0.100. The summed E-state index contributed by atoms with van der Waals surface area (Å²) in [6, 6.07) is 0. The van der Waals surface area contributed by atoms with Gasteiger partial charge < -0.3 is 10.7 Å². The third kappa shape index (κ3) is 0.923. The van der Waals surface area contributed by atoms with E-state index in [1.807, 2.05) is 0 Å². The van der Waals surface area contributed by atoms with E-state index in [0.29, 0.717) is 22.2 Å². The molecule has 0 aromatic carbocycles. The van der Waals surface area contributed by atoms with Crippen molar-refractivity contribution in [3.05, 3.63) is 18.1 Å². The Morgan fingerprint density at radius 3 is 3.20 bits per heavy atom. The third-order valence-corrected chi connectivity index (χ3v) is 2.13. The molecule has 0 unspecified atom stereocenters. The van der Waals surface area contributed by atoms with Crippen LogP contribution in [0.15, 0.2) is 12.5 Å². The quantitative estimate of drug-likeness (QED) is 0.531. The molecule has 0 bridgehead atoms. The molecule has 1 amide bonds. The number of amides is 1. The first kappa shape index (κ1) is 7.85. The normalized spacial score (nSPS) is 11.2. The number of pyridine rings is 1. The molecule has 8 heteroatoms. The summed E-state index contributed by atoms with van der Waals surface area (Å²) in [5.41, 5.74) is 7.09. The van der Waals surface area contributed by atoms with Crippen LogP contribution in [-0.2, 0) is 0 Å². The van der Waals surface area contributed by atoms with E-state index < -0.39 is 5.91 Å². The first-order chi connectivity index (χ1) is 7.27. The molecular formula is C7H5N7O. The summed E-state index contributed by atoms with van der Waals surface area (Å²) in [6.07, 6.45) is 2.93. The summed E-state index contributed by atoms with van der Waals surface area (Å²) in [5, 5.41) is 11.0. The Morgan fingerprint density at radius 1 is 1.53 bits per heavy atom. The first-order valence-electron chi connectivity index (χ1n) is 4.11. The minimum absolute atomic E-state index is 0.308. The van der Waals surface area contributed by atoms with Gasteiger partial charge in [0.15, 0.2) is 0 Å². The van der Waals surface area contributed by atoms with Crippen molar-refractivity contribution in [2.75, 3.05) is 0 Å². The molecule has 3 rings (SSSR count). The molecule has 0 saturated carbocycles. The average molecular weight is 203 g/mol. The summed E-state index contributed by atoms with van der Waals surface area (Å²) in [7, 11) is 0. The number of rotatable bonds is 1. The Kier molecular flexibility index (Phi) is 1.31. The van der Waals surface area contributed by atoms with Crippen molar-refractivity contribution >= 4 is 22.6 Å². The zero-order valence-electron chi connectivity index (χ0n) is 7.38. The Morgan fingerprint density at radius 2 is 2.40 bits per heavy atom. The molecule has 3 aromatic heterocycles. The standard InChI is InChI=1S/C7H5N7O/c8-6(15)3-1-14-7(11-12-13-14)5-4(3)9-2-10-5/h1-2H,(H2,8,15)(H,9,10). The van der Waals surface area contributed by atoms with Crippen LogP contribution < -0.4 is 5.73 Å². The molecule has 15 heavy (non-hydrogen) atoms. The zero-order chi connectivity index (χ0) is 10.4. The number of hydrogen-bond donors (Lipinski definition) is 2.